The lowest BCUT2D eigenvalue weighted by Gasteiger charge is -2.26. The van der Waals surface area contributed by atoms with E-state index in [0.717, 1.165) is 12.8 Å². The van der Waals surface area contributed by atoms with Crippen molar-refractivity contribution in [3.05, 3.63) is 18.2 Å². The van der Waals surface area contributed by atoms with Crippen molar-refractivity contribution >= 4 is 11.8 Å². The van der Waals surface area contributed by atoms with E-state index < -0.39 is 5.54 Å². The fourth-order valence-corrected chi connectivity index (χ4v) is 3.24. The highest BCUT2D eigenvalue weighted by Crippen LogP contribution is 2.56. The number of ether oxygens (including phenoxy) is 1. The zero-order chi connectivity index (χ0) is 15.0. The Morgan fingerprint density at radius 2 is 2.38 bits per heavy atom. The zero-order valence-corrected chi connectivity index (χ0v) is 12.3. The van der Waals surface area contributed by atoms with Gasteiger partial charge in [0.2, 0.25) is 5.91 Å². The van der Waals surface area contributed by atoms with Crippen LogP contribution in [0.3, 0.4) is 0 Å². The number of imidazole rings is 1. The minimum Gasteiger partial charge on any atom is -0.383 e. The van der Waals surface area contributed by atoms with Gasteiger partial charge in [-0.05, 0) is 18.8 Å². The summed E-state index contributed by atoms with van der Waals surface area (Å²) in [6, 6.07) is 0. The summed E-state index contributed by atoms with van der Waals surface area (Å²) in [5.74, 6) is 0.0662. The third-order valence-corrected chi connectivity index (χ3v) is 4.41. The molecular weight excluding hydrogens is 272 g/mol. The molecule has 0 spiro atoms. The third kappa shape index (κ3) is 2.21. The van der Waals surface area contributed by atoms with Crippen LogP contribution in [0.15, 0.2) is 12.5 Å². The number of carbonyl (C=O) groups excluding carboxylic acids is 2. The van der Waals surface area contributed by atoms with Gasteiger partial charge in [0.05, 0.1) is 12.9 Å². The first-order chi connectivity index (χ1) is 10.1. The average Bonchev–Trinajstić information content (AvgIpc) is 2.85. The van der Waals surface area contributed by atoms with Crippen LogP contribution in [0.5, 0.6) is 0 Å². The van der Waals surface area contributed by atoms with Gasteiger partial charge in [0.15, 0.2) is 0 Å². The topological polar surface area (TPSA) is 76.5 Å². The van der Waals surface area contributed by atoms with Crippen molar-refractivity contribution in [1.29, 1.82) is 0 Å². The molecule has 7 heteroatoms. The number of fused-ring (bicyclic) bond motifs is 1. The quantitative estimate of drug-likeness (QED) is 0.762. The number of methoxy groups -OCH3 is 1. The molecule has 0 bridgehead atoms. The molecular formula is C14H20N4O3. The Bertz CT molecular complexity index is 570. The number of amides is 2. The summed E-state index contributed by atoms with van der Waals surface area (Å²) < 4.78 is 6.67. The Balaban J connectivity index is 1.73. The van der Waals surface area contributed by atoms with E-state index in [0.29, 0.717) is 25.4 Å². The highest BCUT2D eigenvalue weighted by atomic mass is 16.5. The molecule has 114 valence electrons. The fourth-order valence-electron chi connectivity index (χ4n) is 3.24. The van der Waals surface area contributed by atoms with Gasteiger partial charge in [-0.1, -0.05) is 0 Å². The van der Waals surface area contributed by atoms with Gasteiger partial charge in [-0.2, -0.15) is 0 Å². The smallest absolute Gasteiger partial charge is 0.274 e. The Hall–Kier alpha value is -1.89. The van der Waals surface area contributed by atoms with Gasteiger partial charge in [0.25, 0.3) is 5.91 Å². The Kier molecular flexibility index (Phi) is 3.44. The molecule has 2 heterocycles. The number of rotatable bonds is 5. The number of hydrogen-bond donors (Lipinski definition) is 1. The number of nitrogens with zero attached hydrogens (tertiary/aromatic N) is 3. The molecule has 1 aromatic rings. The summed E-state index contributed by atoms with van der Waals surface area (Å²) >= 11 is 0. The predicted octanol–water partition coefficient (Wildman–Crippen LogP) is -0.213. The van der Waals surface area contributed by atoms with Crippen molar-refractivity contribution in [2.45, 2.75) is 18.4 Å². The van der Waals surface area contributed by atoms with Crippen molar-refractivity contribution < 1.29 is 14.3 Å². The number of aryl methyl sites for hydroxylation is 1. The molecule has 2 unspecified atom stereocenters. The summed E-state index contributed by atoms with van der Waals surface area (Å²) in [6.07, 6.45) is 4.92. The Morgan fingerprint density at radius 3 is 3.00 bits per heavy atom. The summed E-state index contributed by atoms with van der Waals surface area (Å²) in [5.41, 5.74) is -0.253. The maximum absolute atomic E-state index is 12.6. The lowest BCUT2D eigenvalue weighted by Crippen LogP contribution is -2.51. The molecule has 1 N–H and O–H groups in total. The molecule has 1 aromatic heterocycles. The van der Waals surface area contributed by atoms with Crippen LogP contribution in [0.2, 0.25) is 0 Å². The predicted molar refractivity (Wildman–Crippen MR) is 74.6 cm³/mol. The number of hydrogen-bond acceptors (Lipinski definition) is 4. The lowest BCUT2D eigenvalue weighted by molar-refractivity contribution is -0.126. The van der Waals surface area contributed by atoms with Crippen LogP contribution in [-0.2, 0) is 16.6 Å². The van der Waals surface area contributed by atoms with Gasteiger partial charge in [-0.15, -0.1) is 0 Å². The number of carbonyl (C=O) groups is 2. The van der Waals surface area contributed by atoms with E-state index >= 15 is 0 Å². The molecule has 3 rings (SSSR count). The molecule has 1 aliphatic heterocycles. The first kappa shape index (κ1) is 14.1. The van der Waals surface area contributed by atoms with E-state index in [2.05, 4.69) is 10.3 Å². The van der Waals surface area contributed by atoms with Gasteiger partial charge >= 0.3 is 0 Å². The molecule has 1 aliphatic carbocycles. The van der Waals surface area contributed by atoms with E-state index in [4.69, 9.17) is 4.74 Å². The van der Waals surface area contributed by atoms with Crippen LogP contribution < -0.4 is 5.32 Å². The van der Waals surface area contributed by atoms with Crippen LogP contribution in [-0.4, -0.2) is 58.6 Å². The minimum absolute atomic E-state index is 0.0636. The minimum atomic E-state index is -0.650. The molecule has 7 nitrogen and oxygen atoms in total. The normalized spacial score (nSPS) is 26.6. The molecule has 2 fully saturated rings. The molecule has 2 amide bonds. The first-order valence-electron chi connectivity index (χ1n) is 7.16. The van der Waals surface area contributed by atoms with Gasteiger partial charge in [0, 0.05) is 33.4 Å². The first-order valence-corrected chi connectivity index (χ1v) is 7.16. The van der Waals surface area contributed by atoms with E-state index in [-0.39, 0.29) is 17.7 Å². The van der Waals surface area contributed by atoms with E-state index in [1.165, 1.54) is 0 Å². The second-order valence-electron chi connectivity index (χ2n) is 5.74. The molecule has 0 aromatic carbocycles. The van der Waals surface area contributed by atoms with Crippen molar-refractivity contribution in [2.75, 3.05) is 26.8 Å². The summed E-state index contributed by atoms with van der Waals surface area (Å²) in [5, 5.41) is 2.87. The number of piperidine rings is 1. The summed E-state index contributed by atoms with van der Waals surface area (Å²) in [6.45, 7) is 1.56. The van der Waals surface area contributed by atoms with Crippen molar-refractivity contribution in [2.24, 2.45) is 13.0 Å². The SMILES string of the molecule is COCCNC(=O)C12CC1CCN2C(=O)c1cn(C)cn1. The fraction of sp³-hybridized carbons (Fsp3) is 0.643. The standard InChI is InChI=1S/C14H20N4O3/c1-17-8-11(16-9-17)12(19)18-5-3-10-7-14(10,18)13(20)15-4-6-21-2/h8-10H,3-7H2,1-2H3,(H,15,20). The largest absolute Gasteiger partial charge is 0.383 e. The van der Waals surface area contributed by atoms with Crippen LogP contribution in [0.4, 0.5) is 0 Å². The second-order valence-corrected chi connectivity index (χ2v) is 5.74. The van der Waals surface area contributed by atoms with Crippen LogP contribution in [0, 0.1) is 5.92 Å². The second kappa shape index (κ2) is 5.14. The zero-order valence-electron chi connectivity index (χ0n) is 12.3. The van der Waals surface area contributed by atoms with Gasteiger partial charge < -0.3 is 19.5 Å². The van der Waals surface area contributed by atoms with E-state index in [1.807, 2.05) is 7.05 Å². The van der Waals surface area contributed by atoms with Gasteiger partial charge in [-0.3, -0.25) is 9.59 Å². The summed E-state index contributed by atoms with van der Waals surface area (Å²) in [7, 11) is 3.41. The van der Waals surface area contributed by atoms with Gasteiger partial charge in [-0.25, -0.2) is 4.98 Å². The average molecular weight is 292 g/mol. The number of aromatic nitrogens is 2. The monoisotopic (exact) mass is 292 g/mol. The number of nitrogens with one attached hydrogen (secondary N) is 1. The molecule has 21 heavy (non-hydrogen) atoms. The molecule has 2 aliphatic rings. The highest BCUT2D eigenvalue weighted by Gasteiger charge is 2.68. The summed E-state index contributed by atoms with van der Waals surface area (Å²) in [4.78, 5) is 30.8. The molecule has 1 saturated heterocycles. The number of likely N-dealkylation sites (tertiary alicyclic amines) is 1. The lowest BCUT2D eigenvalue weighted by atomic mass is 10.2. The van der Waals surface area contributed by atoms with Crippen LogP contribution >= 0.6 is 0 Å². The van der Waals surface area contributed by atoms with Crippen molar-refractivity contribution in [3.8, 4) is 0 Å². The van der Waals surface area contributed by atoms with E-state index in [9.17, 15) is 9.59 Å². The molecule has 2 atom stereocenters. The van der Waals surface area contributed by atoms with Crippen LogP contribution in [0.25, 0.3) is 0 Å². The maximum atomic E-state index is 12.6. The maximum Gasteiger partial charge on any atom is 0.274 e. The Labute approximate surface area is 123 Å². The Morgan fingerprint density at radius 1 is 1.57 bits per heavy atom. The van der Waals surface area contributed by atoms with Gasteiger partial charge in [0.1, 0.15) is 11.2 Å². The molecule has 0 radical (unpaired) electrons. The van der Waals surface area contributed by atoms with Crippen molar-refractivity contribution in [3.63, 3.8) is 0 Å². The third-order valence-electron chi connectivity index (χ3n) is 4.41. The molecule has 1 saturated carbocycles. The van der Waals surface area contributed by atoms with E-state index in [1.54, 1.807) is 29.1 Å². The van der Waals surface area contributed by atoms with Crippen molar-refractivity contribution in [1.82, 2.24) is 19.8 Å². The van der Waals surface area contributed by atoms with Crippen LogP contribution in [0.1, 0.15) is 23.3 Å². The highest BCUT2D eigenvalue weighted by molar-refractivity contribution is 6.00.